The van der Waals surface area contributed by atoms with E-state index >= 15 is 0 Å². The summed E-state index contributed by atoms with van der Waals surface area (Å²) in [5, 5.41) is 12.2. The van der Waals surface area contributed by atoms with Gasteiger partial charge in [-0.05, 0) is 55.9 Å². The van der Waals surface area contributed by atoms with E-state index in [0.717, 1.165) is 29.9 Å². The Labute approximate surface area is 170 Å². The fraction of sp³-hybridized carbons (Fsp3) is 0.391. The van der Waals surface area contributed by atoms with E-state index in [4.69, 9.17) is 9.47 Å². The van der Waals surface area contributed by atoms with Crippen LogP contribution in [0.4, 0.5) is 0 Å². The van der Waals surface area contributed by atoms with Crippen LogP contribution in [-0.4, -0.2) is 30.2 Å². The van der Waals surface area contributed by atoms with Crippen molar-refractivity contribution in [2.75, 3.05) is 7.11 Å². The van der Waals surface area contributed by atoms with Crippen molar-refractivity contribution in [3.8, 4) is 11.5 Å². The highest BCUT2D eigenvalue weighted by atomic mass is 16.5. The standard InChI is InChI=1S/C23H27NO5/c1-28-19-12-10-17(21(14-19)29-18-7-3-4-8-18)15-24-22(25)13-11-16-6-2-5-9-20(16)23(26)27/h2,5-6,9-10,12,14,18H,3-4,7-8,11,13,15H2,1H3,(H,24,25)(H,26,27). The van der Waals surface area contributed by atoms with Gasteiger partial charge in [-0.3, -0.25) is 4.79 Å². The number of hydrogen-bond acceptors (Lipinski definition) is 4. The SMILES string of the molecule is COc1ccc(CNC(=O)CCc2ccccc2C(=O)O)c(OC2CCCC2)c1. The second-order valence-electron chi connectivity index (χ2n) is 7.24. The molecule has 0 heterocycles. The normalized spacial score (nSPS) is 13.8. The number of carboxylic acids is 1. The summed E-state index contributed by atoms with van der Waals surface area (Å²) in [6, 6.07) is 12.4. The van der Waals surface area contributed by atoms with E-state index in [-0.39, 0.29) is 24.0 Å². The lowest BCUT2D eigenvalue weighted by molar-refractivity contribution is -0.121. The Bertz CT molecular complexity index is 858. The van der Waals surface area contributed by atoms with Crippen LogP contribution in [0.15, 0.2) is 42.5 Å². The minimum atomic E-state index is -0.979. The van der Waals surface area contributed by atoms with Crippen molar-refractivity contribution >= 4 is 11.9 Å². The van der Waals surface area contributed by atoms with Crippen molar-refractivity contribution in [2.24, 2.45) is 0 Å². The van der Waals surface area contributed by atoms with Crippen LogP contribution in [-0.2, 0) is 17.8 Å². The van der Waals surface area contributed by atoms with Crippen LogP contribution in [0, 0.1) is 0 Å². The number of carbonyl (C=O) groups is 2. The van der Waals surface area contributed by atoms with E-state index in [9.17, 15) is 14.7 Å². The molecule has 1 amide bonds. The van der Waals surface area contributed by atoms with Gasteiger partial charge in [-0.15, -0.1) is 0 Å². The van der Waals surface area contributed by atoms with Crippen molar-refractivity contribution in [3.05, 3.63) is 59.2 Å². The zero-order valence-electron chi connectivity index (χ0n) is 16.6. The van der Waals surface area contributed by atoms with E-state index in [2.05, 4.69) is 5.32 Å². The average molecular weight is 397 g/mol. The smallest absolute Gasteiger partial charge is 0.335 e. The first-order valence-electron chi connectivity index (χ1n) is 9.98. The molecule has 1 saturated carbocycles. The van der Waals surface area contributed by atoms with Crippen LogP contribution in [0.1, 0.15) is 53.6 Å². The van der Waals surface area contributed by atoms with Crippen molar-refractivity contribution in [1.82, 2.24) is 5.32 Å². The summed E-state index contributed by atoms with van der Waals surface area (Å²) in [6.45, 7) is 0.353. The molecule has 154 valence electrons. The molecule has 1 fully saturated rings. The number of aryl methyl sites for hydroxylation is 1. The Balaban J connectivity index is 1.59. The third-order valence-electron chi connectivity index (χ3n) is 5.22. The molecule has 2 N–H and O–H groups in total. The summed E-state index contributed by atoms with van der Waals surface area (Å²) < 4.78 is 11.5. The minimum Gasteiger partial charge on any atom is -0.497 e. The van der Waals surface area contributed by atoms with Gasteiger partial charge in [0, 0.05) is 24.6 Å². The molecule has 0 unspecified atom stereocenters. The average Bonchev–Trinajstić information content (AvgIpc) is 3.24. The van der Waals surface area contributed by atoms with Crippen molar-refractivity contribution in [2.45, 2.75) is 51.2 Å². The molecule has 0 atom stereocenters. The van der Waals surface area contributed by atoms with Crippen LogP contribution >= 0.6 is 0 Å². The Morgan fingerprint density at radius 2 is 1.86 bits per heavy atom. The first-order valence-corrected chi connectivity index (χ1v) is 9.98. The number of carboxylic acid groups (broad SMARTS) is 1. The van der Waals surface area contributed by atoms with E-state index in [0.29, 0.717) is 18.5 Å². The number of benzene rings is 2. The number of rotatable bonds is 9. The van der Waals surface area contributed by atoms with Gasteiger partial charge in [0.15, 0.2) is 0 Å². The molecular weight excluding hydrogens is 370 g/mol. The molecular formula is C23H27NO5. The van der Waals surface area contributed by atoms with Gasteiger partial charge in [-0.1, -0.05) is 18.2 Å². The fourth-order valence-corrected chi connectivity index (χ4v) is 3.58. The summed E-state index contributed by atoms with van der Waals surface area (Å²) in [7, 11) is 1.62. The maximum Gasteiger partial charge on any atom is 0.335 e. The Morgan fingerprint density at radius 3 is 2.59 bits per heavy atom. The highest BCUT2D eigenvalue weighted by Crippen LogP contribution is 2.30. The number of methoxy groups -OCH3 is 1. The second-order valence-corrected chi connectivity index (χ2v) is 7.24. The van der Waals surface area contributed by atoms with Crippen molar-refractivity contribution < 1.29 is 24.2 Å². The van der Waals surface area contributed by atoms with Gasteiger partial charge >= 0.3 is 5.97 Å². The van der Waals surface area contributed by atoms with Gasteiger partial charge < -0.3 is 19.9 Å². The highest BCUT2D eigenvalue weighted by Gasteiger charge is 2.19. The van der Waals surface area contributed by atoms with Gasteiger partial charge in [0.05, 0.1) is 18.8 Å². The van der Waals surface area contributed by atoms with Gasteiger partial charge in [-0.2, -0.15) is 0 Å². The third kappa shape index (κ3) is 5.73. The second kappa shape index (κ2) is 9.96. The number of aromatic carboxylic acids is 1. The number of amides is 1. The molecule has 1 aliphatic rings. The highest BCUT2D eigenvalue weighted by molar-refractivity contribution is 5.89. The number of nitrogens with one attached hydrogen (secondary N) is 1. The number of hydrogen-bond donors (Lipinski definition) is 2. The lowest BCUT2D eigenvalue weighted by atomic mass is 10.0. The summed E-state index contributed by atoms with van der Waals surface area (Å²) in [5.74, 6) is 0.354. The summed E-state index contributed by atoms with van der Waals surface area (Å²) in [5.41, 5.74) is 1.80. The maximum absolute atomic E-state index is 12.3. The molecule has 6 nitrogen and oxygen atoms in total. The maximum atomic E-state index is 12.3. The molecule has 0 aliphatic heterocycles. The van der Waals surface area contributed by atoms with Crippen molar-refractivity contribution in [3.63, 3.8) is 0 Å². The third-order valence-corrected chi connectivity index (χ3v) is 5.22. The minimum absolute atomic E-state index is 0.132. The van der Waals surface area contributed by atoms with Gasteiger partial charge in [0.2, 0.25) is 5.91 Å². The van der Waals surface area contributed by atoms with E-state index in [1.54, 1.807) is 31.4 Å². The lowest BCUT2D eigenvalue weighted by Crippen LogP contribution is -2.24. The van der Waals surface area contributed by atoms with E-state index in [1.807, 2.05) is 18.2 Å². The zero-order chi connectivity index (χ0) is 20.6. The van der Waals surface area contributed by atoms with Crippen LogP contribution in [0.3, 0.4) is 0 Å². The topological polar surface area (TPSA) is 84.9 Å². The van der Waals surface area contributed by atoms with Crippen LogP contribution in [0.5, 0.6) is 11.5 Å². The Morgan fingerprint density at radius 1 is 1.10 bits per heavy atom. The molecule has 0 saturated heterocycles. The van der Waals surface area contributed by atoms with Crippen LogP contribution < -0.4 is 14.8 Å². The first-order chi connectivity index (χ1) is 14.1. The fourth-order valence-electron chi connectivity index (χ4n) is 3.58. The predicted molar refractivity (Wildman–Crippen MR) is 109 cm³/mol. The Kier molecular flexibility index (Phi) is 7.11. The quantitative estimate of drug-likeness (QED) is 0.669. The van der Waals surface area contributed by atoms with Gasteiger partial charge in [-0.25, -0.2) is 4.79 Å². The molecule has 0 radical (unpaired) electrons. The summed E-state index contributed by atoms with van der Waals surface area (Å²) >= 11 is 0. The number of ether oxygens (including phenoxy) is 2. The summed E-state index contributed by atoms with van der Waals surface area (Å²) in [6.07, 6.45) is 5.26. The predicted octanol–water partition coefficient (Wildman–Crippen LogP) is 3.96. The molecule has 0 bridgehead atoms. The van der Waals surface area contributed by atoms with Crippen molar-refractivity contribution in [1.29, 1.82) is 0 Å². The number of carbonyl (C=O) groups excluding carboxylic acids is 1. The van der Waals surface area contributed by atoms with E-state index in [1.165, 1.54) is 12.8 Å². The first kappa shape index (κ1) is 20.7. The summed E-state index contributed by atoms with van der Waals surface area (Å²) in [4.78, 5) is 23.6. The monoisotopic (exact) mass is 397 g/mol. The van der Waals surface area contributed by atoms with Crippen LogP contribution in [0.2, 0.25) is 0 Å². The zero-order valence-corrected chi connectivity index (χ0v) is 16.6. The molecule has 0 spiro atoms. The molecule has 29 heavy (non-hydrogen) atoms. The van der Waals surface area contributed by atoms with Gasteiger partial charge in [0.25, 0.3) is 0 Å². The molecule has 0 aromatic heterocycles. The molecule has 2 aromatic rings. The van der Waals surface area contributed by atoms with E-state index < -0.39 is 5.97 Å². The largest absolute Gasteiger partial charge is 0.497 e. The lowest BCUT2D eigenvalue weighted by Gasteiger charge is -2.18. The van der Waals surface area contributed by atoms with Gasteiger partial charge in [0.1, 0.15) is 11.5 Å². The van der Waals surface area contributed by atoms with Crippen LogP contribution in [0.25, 0.3) is 0 Å². The Hall–Kier alpha value is -3.02. The molecule has 1 aliphatic carbocycles. The molecule has 6 heteroatoms. The molecule has 2 aromatic carbocycles. The molecule has 3 rings (SSSR count).